The Kier molecular flexibility index (Phi) is 18.1. The number of unbranched alkanes of at least 4 members (excludes halogenated alkanes) is 1. The van der Waals surface area contributed by atoms with E-state index in [1.165, 1.54) is 48.5 Å². The number of esters is 4. The SMILES string of the molecule is CCC(C)C(=O)OCCOCCOCCOc1ccc(C(=O)Oc2ccc(C(=O)Oc3ccc(C(=O)OCCCCOCC4(CC)COC4)cc3)cc2)cc1. The Hall–Kier alpha value is -4.82. The fourth-order valence-corrected chi connectivity index (χ4v) is 5.01. The van der Waals surface area contributed by atoms with Crippen molar-refractivity contribution in [2.75, 3.05) is 72.7 Å². The molecule has 4 rings (SSSR count). The van der Waals surface area contributed by atoms with Gasteiger partial charge in [-0.3, -0.25) is 4.79 Å². The molecular formula is C42H52O13. The normalized spacial score (nSPS) is 13.6. The van der Waals surface area contributed by atoms with Crippen molar-refractivity contribution in [3.8, 4) is 17.2 Å². The van der Waals surface area contributed by atoms with Crippen LogP contribution < -0.4 is 14.2 Å². The molecular weight excluding hydrogens is 712 g/mol. The van der Waals surface area contributed by atoms with E-state index in [9.17, 15) is 19.2 Å². The highest BCUT2D eigenvalue weighted by Gasteiger charge is 2.36. The van der Waals surface area contributed by atoms with Gasteiger partial charge in [-0.05, 0) is 98.5 Å². The Labute approximate surface area is 322 Å². The zero-order valence-corrected chi connectivity index (χ0v) is 31.9. The number of carbonyl (C=O) groups is 4. The van der Waals surface area contributed by atoms with Crippen LogP contribution in [0.25, 0.3) is 0 Å². The van der Waals surface area contributed by atoms with Gasteiger partial charge in [-0.15, -0.1) is 0 Å². The second kappa shape index (κ2) is 23.2. The summed E-state index contributed by atoms with van der Waals surface area (Å²) in [6, 6.07) is 18.6. The molecule has 0 N–H and O–H groups in total. The molecule has 1 unspecified atom stereocenters. The lowest BCUT2D eigenvalue weighted by Gasteiger charge is -2.40. The third-order valence-electron chi connectivity index (χ3n) is 8.94. The third kappa shape index (κ3) is 14.7. The molecule has 1 aliphatic rings. The number of ether oxygens (including phenoxy) is 9. The minimum absolute atomic E-state index is 0.113. The van der Waals surface area contributed by atoms with Crippen LogP contribution in [0.5, 0.6) is 17.2 Å². The van der Waals surface area contributed by atoms with Crippen molar-refractivity contribution in [2.45, 2.75) is 46.5 Å². The maximum atomic E-state index is 12.7. The molecule has 0 bridgehead atoms. The molecule has 298 valence electrons. The molecule has 1 aliphatic heterocycles. The molecule has 0 amide bonds. The van der Waals surface area contributed by atoms with Gasteiger partial charge in [-0.1, -0.05) is 20.8 Å². The summed E-state index contributed by atoms with van der Waals surface area (Å²) in [6.07, 6.45) is 3.25. The van der Waals surface area contributed by atoms with Crippen molar-refractivity contribution in [1.29, 1.82) is 0 Å². The van der Waals surface area contributed by atoms with Gasteiger partial charge < -0.3 is 42.6 Å². The highest BCUT2D eigenvalue weighted by atomic mass is 16.6. The van der Waals surface area contributed by atoms with Gasteiger partial charge in [-0.2, -0.15) is 0 Å². The van der Waals surface area contributed by atoms with E-state index < -0.39 is 17.9 Å². The largest absolute Gasteiger partial charge is 0.491 e. The molecule has 1 saturated heterocycles. The molecule has 0 radical (unpaired) electrons. The first-order chi connectivity index (χ1) is 26.7. The molecule has 3 aromatic rings. The van der Waals surface area contributed by atoms with Crippen molar-refractivity contribution in [3.63, 3.8) is 0 Å². The first-order valence-corrected chi connectivity index (χ1v) is 18.7. The minimum Gasteiger partial charge on any atom is -0.491 e. The lowest BCUT2D eigenvalue weighted by atomic mass is 9.84. The average molecular weight is 765 g/mol. The smallest absolute Gasteiger partial charge is 0.343 e. The zero-order chi connectivity index (χ0) is 39.3. The Balaban J connectivity index is 1.07. The third-order valence-corrected chi connectivity index (χ3v) is 8.94. The summed E-state index contributed by atoms with van der Waals surface area (Å²) in [5, 5.41) is 0. The molecule has 1 heterocycles. The summed E-state index contributed by atoms with van der Waals surface area (Å²) in [7, 11) is 0. The van der Waals surface area contributed by atoms with Gasteiger partial charge in [0.25, 0.3) is 0 Å². The van der Waals surface area contributed by atoms with Crippen molar-refractivity contribution in [1.82, 2.24) is 0 Å². The molecule has 1 fully saturated rings. The molecule has 55 heavy (non-hydrogen) atoms. The number of hydrogen-bond acceptors (Lipinski definition) is 13. The topological polar surface area (TPSA) is 151 Å². The number of rotatable bonds is 25. The molecule has 13 nitrogen and oxygen atoms in total. The van der Waals surface area contributed by atoms with E-state index >= 15 is 0 Å². The number of hydrogen-bond donors (Lipinski definition) is 0. The second-order valence-corrected chi connectivity index (χ2v) is 13.1. The number of carbonyl (C=O) groups excluding carboxylic acids is 4. The van der Waals surface area contributed by atoms with Crippen LogP contribution in [0, 0.1) is 11.3 Å². The minimum atomic E-state index is -0.615. The van der Waals surface area contributed by atoms with Crippen LogP contribution >= 0.6 is 0 Å². The van der Waals surface area contributed by atoms with Crippen molar-refractivity contribution in [2.24, 2.45) is 11.3 Å². The molecule has 0 aliphatic carbocycles. The Morgan fingerprint density at radius 2 is 1.07 bits per heavy atom. The highest BCUT2D eigenvalue weighted by Crippen LogP contribution is 2.31. The van der Waals surface area contributed by atoms with Gasteiger partial charge in [0.15, 0.2) is 0 Å². The van der Waals surface area contributed by atoms with Crippen LogP contribution in [0.4, 0.5) is 0 Å². The van der Waals surface area contributed by atoms with Crippen molar-refractivity contribution < 1.29 is 61.8 Å². The van der Waals surface area contributed by atoms with Crippen LogP contribution in [-0.4, -0.2) is 96.6 Å². The Morgan fingerprint density at radius 1 is 0.582 bits per heavy atom. The first-order valence-electron chi connectivity index (χ1n) is 18.7. The zero-order valence-electron chi connectivity index (χ0n) is 31.9. The summed E-state index contributed by atoms with van der Waals surface area (Å²) in [4.78, 5) is 49.4. The van der Waals surface area contributed by atoms with Gasteiger partial charge >= 0.3 is 23.9 Å². The summed E-state index contributed by atoms with van der Waals surface area (Å²) >= 11 is 0. The fourth-order valence-electron chi connectivity index (χ4n) is 5.01. The molecule has 3 aromatic carbocycles. The standard InChI is InChI=1S/C42H52O13/c1-4-31(3)38(43)53-27-25-48-23-22-47-24-26-51-35-14-8-33(9-15-35)40(45)55-37-18-12-34(13-19-37)41(46)54-36-16-10-32(11-17-36)39(44)52-21-7-6-20-49-28-42(5-2)29-50-30-42/h8-19,31H,4-7,20-30H2,1-3H3. The quantitative estimate of drug-likeness (QED) is 0.0525. The summed E-state index contributed by atoms with van der Waals surface area (Å²) in [5.74, 6) is -0.912. The average Bonchev–Trinajstić information content (AvgIpc) is 3.19. The van der Waals surface area contributed by atoms with Gasteiger partial charge in [0.2, 0.25) is 0 Å². The van der Waals surface area contributed by atoms with Crippen LogP contribution in [0.3, 0.4) is 0 Å². The van der Waals surface area contributed by atoms with E-state index in [1.807, 2.05) is 13.8 Å². The Morgan fingerprint density at radius 3 is 1.58 bits per heavy atom. The second-order valence-electron chi connectivity index (χ2n) is 13.1. The maximum absolute atomic E-state index is 12.7. The van der Waals surface area contributed by atoms with Crippen molar-refractivity contribution >= 4 is 23.9 Å². The van der Waals surface area contributed by atoms with Crippen LogP contribution in [-0.2, 0) is 33.2 Å². The highest BCUT2D eigenvalue weighted by molar-refractivity contribution is 5.93. The van der Waals surface area contributed by atoms with E-state index in [4.69, 9.17) is 42.6 Å². The molecule has 13 heteroatoms. The van der Waals surface area contributed by atoms with Crippen LogP contribution in [0.2, 0.25) is 0 Å². The van der Waals surface area contributed by atoms with Crippen LogP contribution in [0.15, 0.2) is 72.8 Å². The molecule has 0 saturated carbocycles. The van der Waals surface area contributed by atoms with E-state index in [0.29, 0.717) is 69.5 Å². The van der Waals surface area contributed by atoms with E-state index in [2.05, 4.69) is 6.92 Å². The number of benzene rings is 3. The summed E-state index contributed by atoms with van der Waals surface area (Å²) < 4.78 is 49.0. The fraction of sp³-hybridized carbons (Fsp3) is 0.476. The van der Waals surface area contributed by atoms with Gasteiger partial charge in [-0.25, -0.2) is 14.4 Å². The lowest BCUT2D eigenvalue weighted by Crippen LogP contribution is -2.45. The van der Waals surface area contributed by atoms with Gasteiger partial charge in [0.1, 0.15) is 30.5 Å². The van der Waals surface area contributed by atoms with Gasteiger partial charge in [0, 0.05) is 12.0 Å². The predicted molar refractivity (Wildman–Crippen MR) is 201 cm³/mol. The van der Waals surface area contributed by atoms with Crippen LogP contribution in [0.1, 0.15) is 77.5 Å². The Bertz CT molecular complexity index is 1610. The molecule has 1 atom stereocenters. The van der Waals surface area contributed by atoms with Gasteiger partial charge in [0.05, 0.1) is 75.5 Å². The van der Waals surface area contributed by atoms with E-state index in [-0.39, 0.29) is 47.6 Å². The summed E-state index contributed by atoms with van der Waals surface area (Å²) in [6.45, 7) is 10.9. The van der Waals surface area contributed by atoms with E-state index in [1.54, 1.807) is 24.3 Å². The summed E-state index contributed by atoms with van der Waals surface area (Å²) in [5.41, 5.74) is 1.07. The predicted octanol–water partition coefficient (Wildman–Crippen LogP) is 6.51. The lowest BCUT2D eigenvalue weighted by molar-refractivity contribution is -0.150. The van der Waals surface area contributed by atoms with E-state index in [0.717, 1.165) is 32.5 Å². The van der Waals surface area contributed by atoms with Crippen molar-refractivity contribution in [3.05, 3.63) is 89.5 Å². The monoisotopic (exact) mass is 764 g/mol. The molecule has 0 spiro atoms. The molecule has 0 aromatic heterocycles. The maximum Gasteiger partial charge on any atom is 0.343 e. The first kappa shape index (κ1) is 42.9.